The largest absolute Gasteiger partial charge is 0.484 e. The van der Waals surface area contributed by atoms with Crippen molar-refractivity contribution in [1.82, 2.24) is 10.7 Å². The van der Waals surface area contributed by atoms with Gasteiger partial charge in [-0.15, -0.1) is 0 Å². The van der Waals surface area contributed by atoms with Crippen molar-refractivity contribution in [3.63, 3.8) is 0 Å². The molecule has 0 aliphatic carbocycles. The van der Waals surface area contributed by atoms with Gasteiger partial charge >= 0.3 is 11.8 Å². The number of carbonyl (C=O) groups excluding carboxylic acids is 3. The molecule has 0 aliphatic heterocycles. The highest BCUT2D eigenvalue weighted by Gasteiger charge is 2.12. The van der Waals surface area contributed by atoms with E-state index in [0.717, 1.165) is 21.2 Å². The summed E-state index contributed by atoms with van der Waals surface area (Å²) in [6, 6.07) is 20.0. The smallest absolute Gasteiger partial charge is 0.329 e. The fourth-order valence-corrected chi connectivity index (χ4v) is 3.18. The number of rotatable bonds is 8. The maximum atomic E-state index is 12.2. The van der Waals surface area contributed by atoms with Crippen molar-refractivity contribution >= 4 is 45.6 Å². The summed E-state index contributed by atoms with van der Waals surface area (Å²) < 4.78 is 6.51. The molecule has 3 rings (SSSR count). The zero-order chi connectivity index (χ0) is 25.2. The third kappa shape index (κ3) is 8.38. The molecule has 0 unspecified atom stereocenters. The molecular weight excluding hydrogens is 512 g/mol. The number of nitrogens with one attached hydrogen (secondary N) is 3. The van der Waals surface area contributed by atoms with Crippen LogP contribution in [0, 0.1) is 13.8 Å². The van der Waals surface area contributed by atoms with E-state index < -0.39 is 11.8 Å². The second kappa shape index (κ2) is 12.5. The maximum absolute atomic E-state index is 12.2. The number of hydrogen-bond donors (Lipinski definition) is 3. The number of amides is 3. The van der Waals surface area contributed by atoms with Gasteiger partial charge in [0.1, 0.15) is 5.75 Å². The molecule has 0 saturated carbocycles. The number of ether oxygens (including phenoxy) is 1. The molecule has 35 heavy (non-hydrogen) atoms. The first-order valence-corrected chi connectivity index (χ1v) is 11.5. The quantitative estimate of drug-likeness (QED) is 0.231. The average molecular weight is 537 g/mol. The Labute approximate surface area is 211 Å². The van der Waals surface area contributed by atoms with Crippen molar-refractivity contribution in [2.45, 2.75) is 20.4 Å². The van der Waals surface area contributed by atoms with E-state index in [0.29, 0.717) is 17.0 Å². The number of nitrogens with zero attached hydrogens (tertiary/aromatic N) is 1. The Hall–Kier alpha value is -3.98. The van der Waals surface area contributed by atoms with Gasteiger partial charge in [0.25, 0.3) is 5.91 Å². The van der Waals surface area contributed by atoms with Gasteiger partial charge in [0.05, 0.1) is 6.21 Å². The third-order valence-electron chi connectivity index (χ3n) is 4.83. The molecule has 180 valence electrons. The molecule has 0 fully saturated rings. The van der Waals surface area contributed by atoms with E-state index in [2.05, 4.69) is 37.1 Å². The van der Waals surface area contributed by atoms with Gasteiger partial charge in [0, 0.05) is 16.7 Å². The van der Waals surface area contributed by atoms with Gasteiger partial charge in [-0.1, -0.05) is 57.9 Å². The third-order valence-corrected chi connectivity index (χ3v) is 5.72. The molecule has 0 aliphatic rings. The van der Waals surface area contributed by atoms with Crippen molar-refractivity contribution in [3.05, 3.63) is 93.5 Å². The number of benzene rings is 3. The van der Waals surface area contributed by atoms with Crippen LogP contribution in [0.5, 0.6) is 5.75 Å². The number of hydrogen-bond acceptors (Lipinski definition) is 5. The zero-order valence-corrected chi connectivity index (χ0v) is 20.9. The molecular formula is C26H25BrN4O4. The van der Waals surface area contributed by atoms with Crippen LogP contribution in [-0.2, 0) is 20.9 Å². The summed E-state index contributed by atoms with van der Waals surface area (Å²) >= 11 is 3.42. The molecule has 0 atom stereocenters. The van der Waals surface area contributed by atoms with Crippen LogP contribution in [0.25, 0.3) is 0 Å². The van der Waals surface area contributed by atoms with Crippen LogP contribution in [0.1, 0.15) is 22.3 Å². The van der Waals surface area contributed by atoms with Crippen molar-refractivity contribution < 1.29 is 19.1 Å². The van der Waals surface area contributed by atoms with Gasteiger partial charge in [0.2, 0.25) is 0 Å². The van der Waals surface area contributed by atoms with Crippen LogP contribution in [0.4, 0.5) is 5.69 Å². The second-order valence-corrected chi connectivity index (χ2v) is 8.60. The summed E-state index contributed by atoms with van der Waals surface area (Å²) in [5.74, 6) is -1.50. The molecule has 0 spiro atoms. The molecule has 0 heterocycles. The standard InChI is InChI=1S/C26H25BrN4O4/c1-17-6-8-19(9-7-17)14-28-25(33)26(34)31-29-15-20-4-3-5-22(13-20)35-16-24(32)30-21-10-11-23(27)18(2)12-21/h3-13,15H,14,16H2,1-2H3,(H,28,33)(H,30,32)(H,31,34)/b29-15-. The van der Waals surface area contributed by atoms with E-state index >= 15 is 0 Å². The van der Waals surface area contributed by atoms with Crippen LogP contribution < -0.4 is 20.8 Å². The highest BCUT2D eigenvalue weighted by atomic mass is 79.9. The lowest BCUT2D eigenvalue weighted by atomic mass is 10.1. The van der Waals surface area contributed by atoms with E-state index in [1.165, 1.54) is 6.21 Å². The van der Waals surface area contributed by atoms with E-state index in [1.54, 1.807) is 30.3 Å². The number of carbonyl (C=O) groups is 3. The summed E-state index contributed by atoms with van der Waals surface area (Å²) in [6.07, 6.45) is 1.38. The normalized spacial score (nSPS) is 10.6. The molecule has 0 aromatic heterocycles. The first-order valence-electron chi connectivity index (χ1n) is 10.8. The van der Waals surface area contributed by atoms with E-state index in [1.807, 2.05) is 50.2 Å². The topological polar surface area (TPSA) is 109 Å². The molecule has 8 nitrogen and oxygen atoms in total. The number of hydrazone groups is 1. The molecule has 0 radical (unpaired) electrons. The van der Waals surface area contributed by atoms with E-state index in [4.69, 9.17) is 4.74 Å². The van der Waals surface area contributed by atoms with Crippen molar-refractivity contribution in [3.8, 4) is 5.75 Å². The SMILES string of the molecule is Cc1ccc(CNC(=O)C(=O)N/N=C\c2cccc(OCC(=O)Nc3ccc(Br)c(C)c3)c2)cc1. The lowest BCUT2D eigenvalue weighted by Gasteiger charge is -2.09. The zero-order valence-electron chi connectivity index (χ0n) is 19.3. The molecule has 0 saturated heterocycles. The average Bonchev–Trinajstić information content (AvgIpc) is 2.84. The van der Waals surface area contributed by atoms with Crippen LogP contribution in [0.2, 0.25) is 0 Å². The Morgan fingerprint density at radius 2 is 1.74 bits per heavy atom. The fourth-order valence-electron chi connectivity index (χ4n) is 2.94. The monoisotopic (exact) mass is 536 g/mol. The fraction of sp³-hybridized carbons (Fsp3) is 0.154. The van der Waals surface area contributed by atoms with Crippen LogP contribution in [0.15, 0.2) is 76.3 Å². The van der Waals surface area contributed by atoms with Gasteiger partial charge in [-0.25, -0.2) is 5.43 Å². The second-order valence-electron chi connectivity index (χ2n) is 7.74. The Morgan fingerprint density at radius 1 is 0.971 bits per heavy atom. The van der Waals surface area contributed by atoms with Crippen LogP contribution in [-0.4, -0.2) is 30.5 Å². The highest BCUT2D eigenvalue weighted by molar-refractivity contribution is 9.10. The van der Waals surface area contributed by atoms with Crippen LogP contribution in [0.3, 0.4) is 0 Å². The summed E-state index contributed by atoms with van der Waals surface area (Å²) in [5.41, 5.74) is 6.49. The lowest BCUT2D eigenvalue weighted by molar-refractivity contribution is -0.139. The van der Waals surface area contributed by atoms with Crippen LogP contribution >= 0.6 is 15.9 Å². The minimum Gasteiger partial charge on any atom is -0.484 e. The number of anilines is 1. The van der Waals surface area contributed by atoms with Crippen molar-refractivity contribution in [2.75, 3.05) is 11.9 Å². The highest BCUT2D eigenvalue weighted by Crippen LogP contribution is 2.20. The van der Waals surface area contributed by atoms with Gasteiger partial charge < -0.3 is 15.4 Å². The Balaban J connectivity index is 1.44. The van der Waals surface area contributed by atoms with E-state index in [9.17, 15) is 14.4 Å². The molecule has 3 aromatic rings. The summed E-state index contributed by atoms with van der Waals surface area (Å²) in [7, 11) is 0. The molecule has 3 N–H and O–H groups in total. The summed E-state index contributed by atoms with van der Waals surface area (Å²) in [5, 5.41) is 9.13. The van der Waals surface area contributed by atoms with Gasteiger partial charge in [-0.2, -0.15) is 5.10 Å². The maximum Gasteiger partial charge on any atom is 0.329 e. The Bertz CT molecular complexity index is 1240. The number of halogens is 1. The lowest BCUT2D eigenvalue weighted by Crippen LogP contribution is -2.37. The van der Waals surface area contributed by atoms with Gasteiger partial charge in [-0.05, 0) is 60.9 Å². The Morgan fingerprint density at radius 3 is 2.49 bits per heavy atom. The van der Waals surface area contributed by atoms with Crippen molar-refractivity contribution in [1.29, 1.82) is 0 Å². The van der Waals surface area contributed by atoms with Crippen molar-refractivity contribution in [2.24, 2.45) is 5.10 Å². The number of aryl methyl sites for hydroxylation is 2. The molecule has 3 amide bonds. The van der Waals surface area contributed by atoms with E-state index in [-0.39, 0.29) is 19.1 Å². The Kier molecular flexibility index (Phi) is 9.14. The first-order chi connectivity index (χ1) is 16.8. The minimum atomic E-state index is -0.874. The van der Waals surface area contributed by atoms with Gasteiger partial charge in [0.15, 0.2) is 6.61 Å². The minimum absolute atomic E-state index is 0.173. The first kappa shape index (κ1) is 25.6. The molecule has 9 heteroatoms. The predicted molar refractivity (Wildman–Crippen MR) is 138 cm³/mol. The molecule has 3 aromatic carbocycles. The predicted octanol–water partition coefficient (Wildman–Crippen LogP) is 3.85. The summed E-state index contributed by atoms with van der Waals surface area (Å²) in [4.78, 5) is 36.0. The summed E-state index contributed by atoms with van der Waals surface area (Å²) in [6.45, 7) is 3.97. The van der Waals surface area contributed by atoms with Gasteiger partial charge in [-0.3, -0.25) is 14.4 Å². The molecule has 0 bridgehead atoms.